The second kappa shape index (κ2) is 4.75. The van der Waals surface area contributed by atoms with Gasteiger partial charge in [-0.15, -0.1) is 0 Å². The van der Waals surface area contributed by atoms with Crippen LogP contribution < -0.4 is 5.32 Å². The highest BCUT2D eigenvalue weighted by Gasteiger charge is 2.16. The topological polar surface area (TPSA) is 42.0 Å². The van der Waals surface area contributed by atoms with Crippen LogP contribution in [0.1, 0.15) is 36.8 Å². The first-order chi connectivity index (χ1) is 6.92. The molecule has 0 bridgehead atoms. The molecule has 0 fully saturated rings. The van der Waals surface area contributed by atoms with Crippen molar-refractivity contribution in [2.24, 2.45) is 0 Å². The van der Waals surface area contributed by atoms with Gasteiger partial charge in [0.1, 0.15) is 5.69 Å². The number of hydrogen-bond acceptors (Lipinski definition) is 2. The maximum Gasteiger partial charge on any atom is 0.270 e. The van der Waals surface area contributed by atoms with Crippen LogP contribution in [0.15, 0.2) is 18.3 Å². The standard InChI is InChI=1S/C11H15BrN2O/c1-11(2,3)14-10(15)9-6-8(7-12)4-5-13-9/h4-6H,7H2,1-3H3,(H,14,15). The number of amides is 1. The van der Waals surface area contributed by atoms with Crippen LogP contribution in [0.2, 0.25) is 0 Å². The Morgan fingerprint density at radius 1 is 1.53 bits per heavy atom. The molecule has 0 spiro atoms. The molecular weight excluding hydrogens is 256 g/mol. The second-order valence-corrected chi connectivity index (χ2v) is 4.95. The van der Waals surface area contributed by atoms with Gasteiger partial charge in [0.15, 0.2) is 0 Å². The van der Waals surface area contributed by atoms with Gasteiger partial charge in [-0.05, 0) is 38.5 Å². The Morgan fingerprint density at radius 2 is 2.20 bits per heavy atom. The van der Waals surface area contributed by atoms with Crippen LogP contribution in [-0.2, 0) is 5.33 Å². The molecule has 1 N–H and O–H groups in total. The number of alkyl halides is 1. The summed E-state index contributed by atoms with van der Waals surface area (Å²) < 4.78 is 0. The summed E-state index contributed by atoms with van der Waals surface area (Å²) in [5, 5.41) is 3.60. The lowest BCUT2D eigenvalue weighted by atomic mass is 10.1. The van der Waals surface area contributed by atoms with Crippen LogP contribution in [0.25, 0.3) is 0 Å². The van der Waals surface area contributed by atoms with Gasteiger partial charge in [-0.3, -0.25) is 9.78 Å². The molecule has 0 aliphatic heterocycles. The molecule has 0 radical (unpaired) electrons. The van der Waals surface area contributed by atoms with Gasteiger partial charge in [0.2, 0.25) is 0 Å². The maximum atomic E-state index is 11.7. The lowest BCUT2D eigenvalue weighted by molar-refractivity contribution is 0.0914. The molecule has 1 aromatic heterocycles. The van der Waals surface area contributed by atoms with Crippen LogP contribution >= 0.6 is 15.9 Å². The number of halogens is 1. The lowest BCUT2D eigenvalue weighted by Crippen LogP contribution is -2.40. The Hall–Kier alpha value is -0.900. The van der Waals surface area contributed by atoms with Crippen LogP contribution in [0, 0.1) is 0 Å². The minimum atomic E-state index is -0.233. The summed E-state index contributed by atoms with van der Waals surface area (Å²) >= 11 is 3.34. The number of hydrogen-bond donors (Lipinski definition) is 1. The van der Waals surface area contributed by atoms with Gasteiger partial charge >= 0.3 is 0 Å². The fraction of sp³-hybridized carbons (Fsp3) is 0.455. The SMILES string of the molecule is CC(C)(C)NC(=O)c1cc(CBr)ccn1. The smallest absolute Gasteiger partial charge is 0.270 e. The number of nitrogens with zero attached hydrogens (tertiary/aromatic N) is 1. The molecule has 0 aliphatic rings. The van der Waals surface area contributed by atoms with E-state index in [1.807, 2.05) is 26.8 Å². The van der Waals surface area contributed by atoms with E-state index in [1.165, 1.54) is 0 Å². The Labute approximate surface area is 98.4 Å². The summed E-state index contributed by atoms with van der Waals surface area (Å²) in [4.78, 5) is 15.8. The fourth-order valence-corrected chi connectivity index (χ4v) is 1.43. The number of carbonyl (C=O) groups excluding carboxylic acids is 1. The van der Waals surface area contributed by atoms with Crippen molar-refractivity contribution in [2.45, 2.75) is 31.6 Å². The summed E-state index contributed by atoms with van der Waals surface area (Å²) in [6, 6.07) is 3.67. The van der Waals surface area contributed by atoms with Crippen molar-refractivity contribution in [1.29, 1.82) is 0 Å². The van der Waals surface area contributed by atoms with E-state index >= 15 is 0 Å². The highest BCUT2D eigenvalue weighted by Crippen LogP contribution is 2.07. The Bertz CT molecular complexity index is 358. The highest BCUT2D eigenvalue weighted by molar-refractivity contribution is 9.08. The normalized spacial score (nSPS) is 11.2. The zero-order valence-corrected chi connectivity index (χ0v) is 10.8. The van der Waals surface area contributed by atoms with Gasteiger partial charge in [-0.1, -0.05) is 15.9 Å². The van der Waals surface area contributed by atoms with Crippen LogP contribution in [0.3, 0.4) is 0 Å². The predicted molar refractivity (Wildman–Crippen MR) is 64.1 cm³/mol. The van der Waals surface area contributed by atoms with Crippen LogP contribution in [0.5, 0.6) is 0 Å². The first kappa shape index (κ1) is 12.2. The Balaban J connectivity index is 2.82. The highest BCUT2D eigenvalue weighted by atomic mass is 79.9. The van der Waals surface area contributed by atoms with E-state index in [0.29, 0.717) is 5.69 Å². The third-order valence-corrected chi connectivity index (χ3v) is 2.35. The van der Waals surface area contributed by atoms with E-state index < -0.39 is 0 Å². The molecule has 0 unspecified atom stereocenters. The number of pyridine rings is 1. The molecule has 1 aromatic rings. The third kappa shape index (κ3) is 4.00. The number of rotatable bonds is 2. The Kier molecular flexibility index (Phi) is 3.85. The van der Waals surface area contributed by atoms with Gasteiger partial charge in [-0.25, -0.2) is 0 Å². The summed E-state index contributed by atoms with van der Waals surface area (Å²) in [5.41, 5.74) is 1.27. The van der Waals surface area contributed by atoms with Crippen molar-refractivity contribution in [1.82, 2.24) is 10.3 Å². The molecule has 0 aliphatic carbocycles. The molecule has 0 saturated heterocycles. The number of nitrogens with one attached hydrogen (secondary N) is 1. The number of carbonyl (C=O) groups is 1. The van der Waals surface area contributed by atoms with Gasteiger partial charge in [0.25, 0.3) is 5.91 Å². The first-order valence-corrected chi connectivity index (χ1v) is 5.88. The summed E-state index contributed by atoms with van der Waals surface area (Å²) in [6.45, 7) is 5.83. The van der Waals surface area contributed by atoms with Crippen molar-refractivity contribution < 1.29 is 4.79 Å². The monoisotopic (exact) mass is 270 g/mol. The van der Waals surface area contributed by atoms with E-state index in [9.17, 15) is 4.79 Å². The summed E-state index contributed by atoms with van der Waals surface area (Å²) in [6.07, 6.45) is 1.65. The van der Waals surface area contributed by atoms with Crippen molar-refractivity contribution in [2.75, 3.05) is 0 Å². The van der Waals surface area contributed by atoms with Gasteiger partial charge < -0.3 is 5.32 Å². The second-order valence-electron chi connectivity index (χ2n) is 4.39. The first-order valence-electron chi connectivity index (χ1n) is 4.76. The minimum absolute atomic E-state index is 0.134. The molecule has 0 atom stereocenters. The third-order valence-electron chi connectivity index (χ3n) is 1.70. The average Bonchev–Trinajstić information content (AvgIpc) is 2.15. The van der Waals surface area contributed by atoms with E-state index in [1.54, 1.807) is 12.3 Å². The van der Waals surface area contributed by atoms with Crippen LogP contribution in [0.4, 0.5) is 0 Å². The molecule has 0 saturated carbocycles. The van der Waals surface area contributed by atoms with Crippen molar-refractivity contribution in [3.05, 3.63) is 29.6 Å². The molecule has 4 heteroatoms. The van der Waals surface area contributed by atoms with Crippen molar-refractivity contribution in [3.8, 4) is 0 Å². The largest absolute Gasteiger partial charge is 0.346 e. The van der Waals surface area contributed by atoms with Crippen molar-refractivity contribution >= 4 is 21.8 Å². The lowest BCUT2D eigenvalue weighted by Gasteiger charge is -2.20. The summed E-state index contributed by atoms with van der Waals surface area (Å²) in [7, 11) is 0. The van der Waals surface area contributed by atoms with E-state index in [4.69, 9.17) is 0 Å². The average molecular weight is 271 g/mol. The molecule has 15 heavy (non-hydrogen) atoms. The van der Waals surface area contributed by atoms with E-state index in [0.717, 1.165) is 10.9 Å². The van der Waals surface area contributed by atoms with Gasteiger partial charge in [0.05, 0.1) is 0 Å². The number of aromatic nitrogens is 1. The molecule has 1 amide bonds. The van der Waals surface area contributed by atoms with E-state index in [2.05, 4.69) is 26.2 Å². The molecule has 1 rings (SSSR count). The zero-order valence-electron chi connectivity index (χ0n) is 9.17. The van der Waals surface area contributed by atoms with Crippen LogP contribution in [-0.4, -0.2) is 16.4 Å². The molecule has 0 aromatic carbocycles. The zero-order chi connectivity index (χ0) is 11.5. The van der Waals surface area contributed by atoms with Gasteiger partial charge in [-0.2, -0.15) is 0 Å². The minimum Gasteiger partial charge on any atom is -0.346 e. The summed E-state index contributed by atoms with van der Waals surface area (Å²) in [5.74, 6) is -0.134. The fourth-order valence-electron chi connectivity index (χ4n) is 1.09. The quantitative estimate of drug-likeness (QED) is 0.840. The van der Waals surface area contributed by atoms with Gasteiger partial charge in [0, 0.05) is 17.1 Å². The predicted octanol–water partition coefficient (Wildman–Crippen LogP) is 2.50. The Morgan fingerprint density at radius 3 is 2.73 bits per heavy atom. The molecule has 82 valence electrons. The van der Waals surface area contributed by atoms with Crippen molar-refractivity contribution in [3.63, 3.8) is 0 Å². The maximum absolute atomic E-state index is 11.7. The molecule has 1 heterocycles. The molecular formula is C11H15BrN2O. The van der Waals surface area contributed by atoms with E-state index in [-0.39, 0.29) is 11.4 Å². The molecule has 3 nitrogen and oxygen atoms in total.